The Balaban J connectivity index is 2.45. The summed E-state index contributed by atoms with van der Waals surface area (Å²) in [7, 11) is 0. The van der Waals surface area contributed by atoms with Crippen LogP contribution in [-0.2, 0) is 0 Å². The van der Waals surface area contributed by atoms with Crippen molar-refractivity contribution >= 4 is 15.9 Å². The number of nitrogens with one attached hydrogen (secondary N) is 1. The standard InChI is InChI=1S/C13H11BrF2N2/c14-10-3-1-2-8(4-10)13(18-17)9-5-11(15)7-12(16)6-9/h1-7,13,18H,17H2. The molecule has 5 heteroatoms. The second-order valence-corrected chi connectivity index (χ2v) is 4.77. The van der Waals surface area contributed by atoms with Gasteiger partial charge in [-0.2, -0.15) is 0 Å². The lowest BCUT2D eigenvalue weighted by molar-refractivity contribution is 0.566. The van der Waals surface area contributed by atoms with Gasteiger partial charge in [-0.1, -0.05) is 28.1 Å². The van der Waals surface area contributed by atoms with E-state index in [1.54, 1.807) is 0 Å². The molecule has 3 N–H and O–H groups in total. The summed E-state index contributed by atoms with van der Waals surface area (Å²) in [5, 5.41) is 0. The number of benzene rings is 2. The van der Waals surface area contributed by atoms with Gasteiger partial charge >= 0.3 is 0 Å². The zero-order valence-corrected chi connectivity index (χ0v) is 10.9. The Kier molecular flexibility index (Phi) is 4.06. The molecule has 2 aromatic rings. The first-order valence-electron chi connectivity index (χ1n) is 5.28. The van der Waals surface area contributed by atoms with E-state index in [1.807, 2.05) is 24.3 Å². The molecule has 2 rings (SSSR count). The van der Waals surface area contributed by atoms with Gasteiger partial charge < -0.3 is 0 Å². The van der Waals surface area contributed by atoms with Crippen molar-refractivity contribution in [2.75, 3.05) is 0 Å². The van der Waals surface area contributed by atoms with E-state index in [9.17, 15) is 8.78 Å². The Labute approximate surface area is 112 Å². The van der Waals surface area contributed by atoms with E-state index >= 15 is 0 Å². The van der Waals surface area contributed by atoms with Gasteiger partial charge in [-0.25, -0.2) is 14.2 Å². The van der Waals surface area contributed by atoms with E-state index in [2.05, 4.69) is 21.4 Å². The van der Waals surface area contributed by atoms with E-state index in [-0.39, 0.29) is 0 Å². The van der Waals surface area contributed by atoms with Crippen LogP contribution in [0, 0.1) is 11.6 Å². The van der Waals surface area contributed by atoms with E-state index < -0.39 is 17.7 Å². The maximum absolute atomic E-state index is 13.2. The van der Waals surface area contributed by atoms with Gasteiger partial charge in [-0.05, 0) is 35.4 Å². The number of rotatable bonds is 3. The smallest absolute Gasteiger partial charge is 0.126 e. The lowest BCUT2D eigenvalue weighted by Gasteiger charge is -2.17. The summed E-state index contributed by atoms with van der Waals surface area (Å²) in [6.45, 7) is 0. The summed E-state index contributed by atoms with van der Waals surface area (Å²) in [6, 6.07) is 10.3. The molecule has 0 fully saturated rings. The highest BCUT2D eigenvalue weighted by molar-refractivity contribution is 9.10. The topological polar surface area (TPSA) is 38.0 Å². The zero-order chi connectivity index (χ0) is 13.1. The van der Waals surface area contributed by atoms with Crippen LogP contribution in [0.5, 0.6) is 0 Å². The Morgan fingerprint density at radius 1 is 1.00 bits per heavy atom. The summed E-state index contributed by atoms with van der Waals surface area (Å²) >= 11 is 3.34. The molecule has 0 amide bonds. The highest BCUT2D eigenvalue weighted by Crippen LogP contribution is 2.25. The van der Waals surface area contributed by atoms with Crippen LogP contribution in [0.2, 0.25) is 0 Å². The van der Waals surface area contributed by atoms with Gasteiger partial charge in [0.2, 0.25) is 0 Å². The average Bonchev–Trinajstić information content (AvgIpc) is 2.28. The molecule has 0 spiro atoms. The molecular formula is C13H11BrF2N2. The van der Waals surface area contributed by atoms with Crippen LogP contribution in [0.25, 0.3) is 0 Å². The van der Waals surface area contributed by atoms with Crippen molar-refractivity contribution in [3.63, 3.8) is 0 Å². The molecular weight excluding hydrogens is 302 g/mol. The first-order chi connectivity index (χ1) is 8.60. The molecule has 0 aliphatic heterocycles. The third-order valence-corrected chi connectivity index (χ3v) is 3.06. The maximum atomic E-state index is 13.2. The Morgan fingerprint density at radius 2 is 1.67 bits per heavy atom. The molecule has 18 heavy (non-hydrogen) atoms. The molecule has 2 aromatic carbocycles. The van der Waals surface area contributed by atoms with Crippen molar-refractivity contribution < 1.29 is 8.78 Å². The second kappa shape index (κ2) is 5.56. The second-order valence-electron chi connectivity index (χ2n) is 3.86. The molecule has 0 heterocycles. The van der Waals surface area contributed by atoms with Crippen LogP contribution in [0.1, 0.15) is 17.2 Å². The highest BCUT2D eigenvalue weighted by atomic mass is 79.9. The zero-order valence-electron chi connectivity index (χ0n) is 9.33. The van der Waals surface area contributed by atoms with E-state index in [1.165, 1.54) is 12.1 Å². The summed E-state index contributed by atoms with van der Waals surface area (Å²) in [4.78, 5) is 0. The van der Waals surface area contributed by atoms with Gasteiger partial charge in [0, 0.05) is 10.5 Å². The van der Waals surface area contributed by atoms with Gasteiger partial charge in [-0.15, -0.1) is 0 Å². The molecule has 0 aromatic heterocycles. The van der Waals surface area contributed by atoms with E-state index in [0.717, 1.165) is 16.1 Å². The van der Waals surface area contributed by atoms with Gasteiger partial charge in [0.1, 0.15) is 11.6 Å². The first-order valence-corrected chi connectivity index (χ1v) is 6.07. The number of hydrogen-bond donors (Lipinski definition) is 2. The van der Waals surface area contributed by atoms with Crippen molar-refractivity contribution in [3.8, 4) is 0 Å². The van der Waals surface area contributed by atoms with Crippen molar-refractivity contribution in [2.24, 2.45) is 5.84 Å². The Hall–Kier alpha value is -1.30. The third kappa shape index (κ3) is 2.93. The Bertz CT molecular complexity index is 540. The monoisotopic (exact) mass is 312 g/mol. The third-order valence-electron chi connectivity index (χ3n) is 2.57. The number of nitrogens with two attached hydrogens (primary N) is 1. The number of halogens is 3. The minimum Gasteiger partial charge on any atom is -0.271 e. The molecule has 0 aliphatic carbocycles. The molecule has 0 aliphatic rings. The molecule has 0 radical (unpaired) electrons. The van der Waals surface area contributed by atoms with Gasteiger partial charge in [0.05, 0.1) is 6.04 Å². The summed E-state index contributed by atoms with van der Waals surface area (Å²) < 4.78 is 27.3. The fraction of sp³-hybridized carbons (Fsp3) is 0.0769. The van der Waals surface area contributed by atoms with Crippen LogP contribution >= 0.6 is 15.9 Å². The van der Waals surface area contributed by atoms with Crippen molar-refractivity contribution in [1.82, 2.24) is 5.43 Å². The van der Waals surface area contributed by atoms with Crippen LogP contribution in [0.3, 0.4) is 0 Å². The number of hydrogen-bond acceptors (Lipinski definition) is 2. The first kappa shape index (κ1) is 13.1. The predicted molar refractivity (Wildman–Crippen MR) is 69.7 cm³/mol. The molecule has 94 valence electrons. The van der Waals surface area contributed by atoms with Gasteiger partial charge in [-0.3, -0.25) is 5.84 Å². The molecule has 2 nitrogen and oxygen atoms in total. The van der Waals surface area contributed by atoms with Gasteiger partial charge in [0.25, 0.3) is 0 Å². The van der Waals surface area contributed by atoms with Crippen molar-refractivity contribution in [1.29, 1.82) is 0 Å². The quantitative estimate of drug-likeness (QED) is 0.674. The Morgan fingerprint density at radius 3 is 2.22 bits per heavy atom. The van der Waals surface area contributed by atoms with Crippen LogP contribution in [-0.4, -0.2) is 0 Å². The van der Waals surface area contributed by atoms with Crippen LogP contribution in [0.4, 0.5) is 8.78 Å². The summed E-state index contributed by atoms with van der Waals surface area (Å²) in [5.74, 6) is 4.23. The molecule has 0 bridgehead atoms. The maximum Gasteiger partial charge on any atom is 0.126 e. The summed E-state index contributed by atoms with van der Waals surface area (Å²) in [6.07, 6.45) is 0. The van der Waals surface area contributed by atoms with Crippen molar-refractivity contribution in [2.45, 2.75) is 6.04 Å². The average molecular weight is 313 g/mol. The molecule has 1 atom stereocenters. The summed E-state index contributed by atoms with van der Waals surface area (Å²) in [5.41, 5.74) is 3.82. The molecule has 0 saturated heterocycles. The fourth-order valence-corrected chi connectivity index (χ4v) is 2.23. The van der Waals surface area contributed by atoms with Crippen LogP contribution < -0.4 is 11.3 Å². The highest BCUT2D eigenvalue weighted by Gasteiger charge is 2.14. The molecule has 0 saturated carbocycles. The minimum atomic E-state index is -0.625. The largest absolute Gasteiger partial charge is 0.271 e. The number of hydrazine groups is 1. The van der Waals surface area contributed by atoms with E-state index in [0.29, 0.717) is 5.56 Å². The fourth-order valence-electron chi connectivity index (χ4n) is 1.81. The van der Waals surface area contributed by atoms with Gasteiger partial charge in [0.15, 0.2) is 0 Å². The lowest BCUT2D eigenvalue weighted by atomic mass is 9.99. The normalized spacial score (nSPS) is 12.4. The minimum absolute atomic E-state index is 0.438. The van der Waals surface area contributed by atoms with E-state index in [4.69, 9.17) is 5.84 Å². The lowest BCUT2D eigenvalue weighted by Crippen LogP contribution is -2.29. The van der Waals surface area contributed by atoms with Crippen LogP contribution in [0.15, 0.2) is 46.9 Å². The SMILES string of the molecule is NNC(c1cc(F)cc(F)c1)c1cccc(Br)c1. The van der Waals surface area contributed by atoms with Crippen molar-refractivity contribution in [3.05, 3.63) is 69.7 Å². The predicted octanol–water partition coefficient (Wildman–Crippen LogP) is 3.28. The molecule has 1 unspecified atom stereocenters.